The SMILES string of the molecule is CCCCc1nc(C(N)CCC)no1. The minimum Gasteiger partial charge on any atom is -0.339 e. The molecule has 4 nitrogen and oxygen atoms in total. The summed E-state index contributed by atoms with van der Waals surface area (Å²) in [5.41, 5.74) is 5.86. The third-order valence-electron chi connectivity index (χ3n) is 2.16. The summed E-state index contributed by atoms with van der Waals surface area (Å²) in [5, 5.41) is 3.88. The molecule has 1 atom stereocenters. The van der Waals surface area contributed by atoms with Crippen LogP contribution in [-0.4, -0.2) is 10.1 Å². The molecule has 0 saturated heterocycles. The van der Waals surface area contributed by atoms with E-state index in [1.807, 2.05) is 0 Å². The van der Waals surface area contributed by atoms with Gasteiger partial charge in [-0.2, -0.15) is 4.98 Å². The van der Waals surface area contributed by atoms with Crippen molar-refractivity contribution < 1.29 is 4.52 Å². The molecule has 1 unspecified atom stereocenters. The van der Waals surface area contributed by atoms with Crippen LogP contribution < -0.4 is 5.73 Å². The summed E-state index contributed by atoms with van der Waals surface area (Å²) in [5.74, 6) is 1.37. The molecule has 0 aliphatic heterocycles. The molecule has 0 radical (unpaired) electrons. The summed E-state index contributed by atoms with van der Waals surface area (Å²) in [6, 6.07) is -0.0703. The fraction of sp³-hybridized carbons (Fsp3) is 0.800. The van der Waals surface area contributed by atoms with E-state index in [0.29, 0.717) is 11.7 Å². The van der Waals surface area contributed by atoms with Crippen LogP contribution in [0.4, 0.5) is 0 Å². The van der Waals surface area contributed by atoms with Crippen LogP contribution in [0.1, 0.15) is 57.3 Å². The van der Waals surface area contributed by atoms with Crippen molar-refractivity contribution in [3.05, 3.63) is 11.7 Å². The lowest BCUT2D eigenvalue weighted by atomic mass is 10.2. The predicted molar refractivity (Wildman–Crippen MR) is 54.7 cm³/mol. The van der Waals surface area contributed by atoms with E-state index in [9.17, 15) is 0 Å². The van der Waals surface area contributed by atoms with Crippen LogP contribution in [0.5, 0.6) is 0 Å². The van der Waals surface area contributed by atoms with Gasteiger partial charge in [0.15, 0.2) is 5.82 Å². The summed E-state index contributed by atoms with van der Waals surface area (Å²) in [6.45, 7) is 4.23. The fourth-order valence-electron chi connectivity index (χ4n) is 1.29. The van der Waals surface area contributed by atoms with Gasteiger partial charge >= 0.3 is 0 Å². The van der Waals surface area contributed by atoms with E-state index in [1.54, 1.807) is 0 Å². The highest BCUT2D eigenvalue weighted by molar-refractivity contribution is 4.92. The van der Waals surface area contributed by atoms with E-state index in [1.165, 1.54) is 0 Å². The van der Waals surface area contributed by atoms with Crippen LogP contribution in [0.2, 0.25) is 0 Å². The van der Waals surface area contributed by atoms with E-state index < -0.39 is 0 Å². The van der Waals surface area contributed by atoms with Crippen LogP contribution >= 0.6 is 0 Å². The van der Waals surface area contributed by atoms with Crippen LogP contribution in [0.15, 0.2) is 4.52 Å². The van der Waals surface area contributed by atoms with Gasteiger partial charge in [0.05, 0.1) is 6.04 Å². The number of aromatic nitrogens is 2. The zero-order valence-corrected chi connectivity index (χ0v) is 8.99. The second-order valence-corrected chi connectivity index (χ2v) is 3.55. The van der Waals surface area contributed by atoms with Gasteiger partial charge in [0, 0.05) is 6.42 Å². The van der Waals surface area contributed by atoms with Crippen LogP contribution in [0.3, 0.4) is 0 Å². The topological polar surface area (TPSA) is 64.9 Å². The zero-order valence-electron chi connectivity index (χ0n) is 8.99. The Morgan fingerprint density at radius 2 is 2.14 bits per heavy atom. The van der Waals surface area contributed by atoms with Gasteiger partial charge in [-0.3, -0.25) is 0 Å². The minimum absolute atomic E-state index is 0.0703. The molecular formula is C10H19N3O. The molecule has 1 aromatic heterocycles. The molecule has 0 saturated carbocycles. The standard InChI is InChI=1S/C10H19N3O/c1-3-5-7-9-12-10(13-14-9)8(11)6-4-2/h8H,3-7,11H2,1-2H3. The Labute approximate surface area is 84.9 Å². The van der Waals surface area contributed by atoms with Crippen molar-refractivity contribution in [2.75, 3.05) is 0 Å². The first-order valence-corrected chi connectivity index (χ1v) is 5.36. The maximum absolute atomic E-state index is 5.86. The van der Waals surface area contributed by atoms with Crippen LogP contribution in [-0.2, 0) is 6.42 Å². The van der Waals surface area contributed by atoms with Gasteiger partial charge < -0.3 is 10.3 Å². The Morgan fingerprint density at radius 3 is 2.79 bits per heavy atom. The molecule has 0 aromatic carbocycles. The number of aryl methyl sites for hydroxylation is 1. The molecule has 80 valence electrons. The number of nitrogens with zero attached hydrogens (tertiary/aromatic N) is 2. The summed E-state index contributed by atoms with van der Waals surface area (Å²) >= 11 is 0. The number of nitrogens with two attached hydrogens (primary N) is 1. The Hall–Kier alpha value is -0.900. The average Bonchev–Trinajstić information content (AvgIpc) is 2.63. The van der Waals surface area contributed by atoms with Crippen LogP contribution in [0, 0.1) is 0 Å². The predicted octanol–water partition coefficient (Wildman–Crippen LogP) is 2.21. The Bertz CT molecular complexity index is 260. The Kier molecular flexibility index (Phi) is 4.59. The highest BCUT2D eigenvalue weighted by Gasteiger charge is 2.12. The molecule has 2 N–H and O–H groups in total. The van der Waals surface area contributed by atoms with Gasteiger partial charge in [0.25, 0.3) is 0 Å². The molecule has 0 bridgehead atoms. The molecule has 0 aliphatic rings. The average molecular weight is 197 g/mol. The quantitative estimate of drug-likeness (QED) is 0.759. The largest absolute Gasteiger partial charge is 0.339 e. The van der Waals surface area contributed by atoms with Crippen molar-refractivity contribution in [3.63, 3.8) is 0 Å². The van der Waals surface area contributed by atoms with E-state index >= 15 is 0 Å². The Morgan fingerprint density at radius 1 is 1.36 bits per heavy atom. The third kappa shape index (κ3) is 3.10. The van der Waals surface area contributed by atoms with Crippen molar-refractivity contribution in [2.24, 2.45) is 5.73 Å². The number of rotatable bonds is 6. The number of hydrogen-bond donors (Lipinski definition) is 1. The van der Waals surface area contributed by atoms with Gasteiger partial charge in [-0.05, 0) is 12.8 Å². The highest BCUT2D eigenvalue weighted by Crippen LogP contribution is 2.12. The first-order valence-electron chi connectivity index (χ1n) is 5.36. The van der Waals surface area contributed by atoms with Gasteiger partial charge in [-0.15, -0.1) is 0 Å². The molecule has 0 aliphatic carbocycles. The summed E-state index contributed by atoms with van der Waals surface area (Å²) < 4.78 is 5.09. The van der Waals surface area contributed by atoms with Crippen molar-refractivity contribution in [2.45, 2.75) is 52.0 Å². The lowest BCUT2D eigenvalue weighted by Gasteiger charge is -2.02. The van der Waals surface area contributed by atoms with Crippen molar-refractivity contribution >= 4 is 0 Å². The molecule has 0 amide bonds. The van der Waals surface area contributed by atoms with Gasteiger partial charge in [-0.25, -0.2) is 0 Å². The molecule has 1 aromatic rings. The van der Waals surface area contributed by atoms with E-state index in [4.69, 9.17) is 10.3 Å². The maximum atomic E-state index is 5.86. The molecule has 0 fully saturated rings. The zero-order chi connectivity index (χ0) is 10.4. The number of hydrogen-bond acceptors (Lipinski definition) is 4. The van der Waals surface area contributed by atoms with Crippen molar-refractivity contribution in [1.82, 2.24) is 10.1 Å². The monoisotopic (exact) mass is 197 g/mol. The lowest BCUT2D eigenvalue weighted by Crippen LogP contribution is -2.11. The second kappa shape index (κ2) is 5.75. The molecule has 0 spiro atoms. The normalized spacial score (nSPS) is 13.1. The smallest absolute Gasteiger partial charge is 0.226 e. The van der Waals surface area contributed by atoms with Crippen molar-refractivity contribution in [1.29, 1.82) is 0 Å². The molecule has 1 rings (SSSR count). The van der Waals surface area contributed by atoms with Crippen LogP contribution in [0.25, 0.3) is 0 Å². The first kappa shape index (κ1) is 11.2. The highest BCUT2D eigenvalue weighted by atomic mass is 16.5. The Balaban J connectivity index is 2.49. The van der Waals surface area contributed by atoms with Gasteiger partial charge in [0.2, 0.25) is 5.89 Å². The lowest BCUT2D eigenvalue weighted by molar-refractivity contribution is 0.365. The molecule has 1 heterocycles. The molecule has 4 heteroatoms. The summed E-state index contributed by atoms with van der Waals surface area (Å²) in [7, 11) is 0. The van der Waals surface area contributed by atoms with E-state index in [-0.39, 0.29) is 6.04 Å². The summed E-state index contributed by atoms with van der Waals surface area (Å²) in [4.78, 5) is 4.26. The van der Waals surface area contributed by atoms with E-state index in [2.05, 4.69) is 24.0 Å². The van der Waals surface area contributed by atoms with Crippen molar-refractivity contribution in [3.8, 4) is 0 Å². The van der Waals surface area contributed by atoms with Gasteiger partial charge in [-0.1, -0.05) is 31.8 Å². The van der Waals surface area contributed by atoms with Gasteiger partial charge in [0.1, 0.15) is 0 Å². The molecular weight excluding hydrogens is 178 g/mol. The fourth-order valence-corrected chi connectivity index (χ4v) is 1.29. The summed E-state index contributed by atoms with van der Waals surface area (Å²) in [6.07, 6.45) is 5.04. The second-order valence-electron chi connectivity index (χ2n) is 3.55. The molecule has 14 heavy (non-hydrogen) atoms. The first-order chi connectivity index (χ1) is 6.77. The van der Waals surface area contributed by atoms with E-state index in [0.717, 1.165) is 32.1 Å². The minimum atomic E-state index is -0.0703. The third-order valence-corrected chi connectivity index (χ3v) is 2.16. The maximum Gasteiger partial charge on any atom is 0.226 e. The number of unbranched alkanes of at least 4 members (excludes halogenated alkanes) is 1.